The van der Waals surface area contributed by atoms with Gasteiger partial charge in [-0.25, -0.2) is 0 Å². The molecule has 1 atom stereocenters. The van der Waals surface area contributed by atoms with Crippen LogP contribution in [-0.4, -0.2) is 88.4 Å². The lowest BCUT2D eigenvalue weighted by molar-refractivity contribution is -0.138. The van der Waals surface area contributed by atoms with Crippen LogP contribution >= 0.6 is 11.3 Å². The SMILES string of the molecule is CCCN1CCN(C(=O)[C@H]2CCCN(C(=O)c3nnc(C(=O)Nc4ccc(C)cc4)s3)C2)CC1. The van der Waals surface area contributed by atoms with Gasteiger partial charge in [-0.1, -0.05) is 36.0 Å². The van der Waals surface area contributed by atoms with Gasteiger partial charge < -0.3 is 15.1 Å². The lowest BCUT2D eigenvalue weighted by atomic mass is 9.96. The second-order valence-corrected chi connectivity index (χ2v) is 9.97. The van der Waals surface area contributed by atoms with Gasteiger partial charge in [0.15, 0.2) is 0 Å². The molecular formula is C24H32N6O3S. The van der Waals surface area contributed by atoms with Crippen molar-refractivity contribution in [2.24, 2.45) is 5.92 Å². The minimum Gasteiger partial charge on any atom is -0.340 e. The molecule has 0 unspecified atom stereocenters. The first kappa shape index (κ1) is 24.3. The molecule has 0 spiro atoms. The third-order valence-corrected chi connectivity index (χ3v) is 7.30. The Balaban J connectivity index is 1.33. The number of piperazine rings is 1. The number of carbonyl (C=O) groups is 3. The second-order valence-electron chi connectivity index (χ2n) is 8.99. The van der Waals surface area contributed by atoms with E-state index in [1.807, 2.05) is 36.1 Å². The Kier molecular flexibility index (Phi) is 7.89. The van der Waals surface area contributed by atoms with Gasteiger partial charge in [0.2, 0.25) is 15.9 Å². The van der Waals surface area contributed by atoms with Crippen LogP contribution in [0, 0.1) is 12.8 Å². The van der Waals surface area contributed by atoms with Crippen LogP contribution in [0.25, 0.3) is 0 Å². The topological polar surface area (TPSA) is 98.7 Å². The third kappa shape index (κ3) is 5.79. The van der Waals surface area contributed by atoms with Gasteiger partial charge >= 0.3 is 0 Å². The number of benzene rings is 1. The monoisotopic (exact) mass is 484 g/mol. The van der Waals surface area contributed by atoms with Crippen molar-refractivity contribution in [2.75, 3.05) is 51.1 Å². The van der Waals surface area contributed by atoms with Crippen LogP contribution in [0.4, 0.5) is 5.69 Å². The maximum Gasteiger partial charge on any atom is 0.286 e. The summed E-state index contributed by atoms with van der Waals surface area (Å²) in [5.41, 5.74) is 1.76. The molecule has 10 heteroatoms. The maximum absolute atomic E-state index is 13.1. The molecule has 0 aliphatic carbocycles. The number of aryl methyl sites for hydroxylation is 1. The van der Waals surface area contributed by atoms with Gasteiger partial charge in [0, 0.05) is 45.0 Å². The van der Waals surface area contributed by atoms with Crippen LogP contribution < -0.4 is 5.32 Å². The molecule has 182 valence electrons. The summed E-state index contributed by atoms with van der Waals surface area (Å²) in [4.78, 5) is 44.7. The number of nitrogens with one attached hydrogen (secondary N) is 1. The molecule has 3 amide bonds. The van der Waals surface area contributed by atoms with Crippen molar-refractivity contribution >= 4 is 34.7 Å². The van der Waals surface area contributed by atoms with E-state index in [2.05, 4.69) is 27.3 Å². The fourth-order valence-corrected chi connectivity index (χ4v) is 5.19. The van der Waals surface area contributed by atoms with Gasteiger partial charge in [-0.2, -0.15) is 0 Å². The minimum atomic E-state index is -0.394. The standard InChI is InChI=1S/C24H32N6O3S/c1-3-10-28-12-14-29(15-13-28)23(32)18-5-4-11-30(16-18)24(33)22-27-26-21(34-22)20(31)25-19-8-6-17(2)7-9-19/h6-9,18H,3-5,10-16H2,1-2H3,(H,25,31)/t18-/m0/s1. The molecule has 1 N–H and O–H groups in total. The number of rotatable bonds is 6. The van der Waals surface area contributed by atoms with E-state index in [0.717, 1.165) is 68.9 Å². The van der Waals surface area contributed by atoms with Crippen molar-refractivity contribution in [3.8, 4) is 0 Å². The molecule has 3 heterocycles. The smallest absolute Gasteiger partial charge is 0.286 e. The predicted octanol–water partition coefficient (Wildman–Crippen LogP) is 2.51. The summed E-state index contributed by atoms with van der Waals surface area (Å²) < 4.78 is 0. The zero-order chi connectivity index (χ0) is 24.1. The Labute approximate surface area is 204 Å². The average molecular weight is 485 g/mol. The average Bonchev–Trinajstić information content (AvgIpc) is 3.36. The van der Waals surface area contributed by atoms with Crippen molar-refractivity contribution in [2.45, 2.75) is 33.1 Å². The summed E-state index contributed by atoms with van der Waals surface area (Å²) in [7, 11) is 0. The number of hydrogen-bond acceptors (Lipinski definition) is 7. The van der Waals surface area contributed by atoms with Crippen LogP contribution in [0.15, 0.2) is 24.3 Å². The third-order valence-electron chi connectivity index (χ3n) is 6.39. The highest BCUT2D eigenvalue weighted by atomic mass is 32.1. The molecule has 2 fully saturated rings. The van der Waals surface area contributed by atoms with E-state index in [4.69, 9.17) is 0 Å². The van der Waals surface area contributed by atoms with E-state index in [9.17, 15) is 14.4 Å². The summed E-state index contributed by atoms with van der Waals surface area (Å²) in [6.07, 6.45) is 2.68. The van der Waals surface area contributed by atoms with Gasteiger partial charge in [0.25, 0.3) is 11.8 Å². The molecule has 4 rings (SSSR count). The summed E-state index contributed by atoms with van der Waals surface area (Å²) in [6, 6.07) is 7.44. The number of aromatic nitrogens is 2. The van der Waals surface area contributed by atoms with Crippen molar-refractivity contribution < 1.29 is 14.4 Å². The van der Waals surface area contributed by atoms with Crippen molar-refractivity contribution in [1.82, 2.24) is 24.9 Å². The quantitative estimate of drug-likeness (QED) is 0.677. The lowest BCUT2D eigenvalue weighted by Crippen LogP contribution is -2.53. The van der Waals surface area contributed by atoms with Crippen LogP contribution in [-0.2, 0) is 4.79 Å². The normalized spacial score (nSPS) is 19.2. The number of likely N-dealkylation sites (tertiary alicyclic amines) is 1. The fraction of sp³-hybridized carbons (Fsp3) is 0.542. The van der Waals surface area contributed by atoms with Crippen molar-refractivity contribution in [3.63, 3.8) is 0 Å². The first-order chi connectivity index (χ1) is 16.4. The number of piperidine rings is 1. The Hall–Kier alpha value is -2.85. The summed E-state index contributed by atoms with van der Waals surface area (Å²) >= 11 is 0.981. The van der Waals surface area contributed by atoms with Gasteiger partial charge in [-0.3, -0.25) is 19.3 Å². The number of anilines is 1. The van der Waals surface area contributed by atoms with E-state index < -0.39 is 5.91 Å². The fourth-order valence-electron chi connectivity index (χ4n) is 4.49. The van der Waals surface area contributed by atoms with Gasteiger partial charge in [-0.15, -0.1) is 10.2 Å². The largest absolute Gasteiger partial charge is 0.340 e. The molecule has 1 aromatic heterocycles. The zero-order valence-corrected chi connectivity index (χ0v) is 20.6. The van der Waals surface area contributed by atoms with Crippen molar-refractivity contribution in [1.29, 1.82) is 0 Å². The minimum absolute atomic E-state index is 0.138. The van der Waals surface area contributed by atoms with Gasteiger partial charge in [0.05, 0.1) is 5.92 Å². The molecule has 2 aromatic rings. The van der Waals surface area contributed by atoms with E-state index in [-0.39, 0.29) is 27.7 Å². The van der Waals surface area contributed by atoms with E-state index in [0.29, 0.717) is 18.8 Å². The Bertz CT molecular complexity index is 1020. The van der Waals surface area contributed by atoms with E-state index in [1.165, 1.54) is 0 Å². The molecule has 9 nitrogen and oxygen atoms in total. The molecular weight excluding hydrogens is 452 g/mol. The van der Waals surface area contributed by atoms with Crippen molar-refractivity contribution in [3.05, 3.63) is 39.8 Å². The van der Waals surface area contributed by atoms with E-state index >= 15 is 0 Å². The Morgan fingerprint density at radius 3 is 2.41 bits per heavy atom. The maximum atomic E-state index is 13.1. The molecule has 34 heavy (non-hydrogen) atoms. The first-order valence-corrected chi connectivity index (χ1v) is 12.8. The molecule has 2 aliphatic heterocycles. The second kappa shape index (κ2) is 11.1. The molecule has 1 aromatic carbocycles. The highest BCUT2D eigenvalue weighted by Crippen LogP contribution is 2.23. The molecule has 2 saturated heterocycles. The summed E-state index contributed by atoms with van der Waals surface area (Å²) in [5, 5.41) is 11.0. The van der Waals surface area contributed by atoms with E-state index in [1.54, 1.807) is 4.90 Å². The number of hydrogen-bond donors (Lipinski definition) is 1. The molecule has 0 saturated carbocycles. The predicted molar refractivity (Wildman–Crippen MR) is 131 cm³/mol. The number of nitrogens with zero attached hydrogens (tertiary/aromatic N) is 5. The van der Waals surface area contributed by atoms with Crippen LogP contribution in [0.1, 0.15) is 51.4 Å². The first-order valence-electron chi connectivity index (χ1n) is 12.0. The number of carbonyl (C=O) groups excluding carboxylic acids is 3. The summed E-state index contributed by atoms with van der Waals surface area (Å²) in [5.74, 6) is -0.705. The van der Waals surface area contributed by atoms with Crippen LogP contribution in [0.5, 0.6) is 0 Å². The van der Waals surface area contributed by atoms with Crippen LogP contribution in [0.3, 0.4) is 0 Å². The highest BCUT2D eigenvalue weighted by Gasteiger charge is 2.34. The highest BCUT2D eigenvalue weighted by molar-refractivity contribution is 7.15. The Morgan fingerprint density at radius 1 is 1.00 bits per heavy atom. The van der Waals surface area contributed by atoms with Crippen LogP contribution in [0.2, 0.25) is 0 Å². The van der Waals surface area contributed by atoms with Gasteiger partial charge in [-0.05, 0) is 44.9 Å². The Morgan fingerprint density at radius 2 is 1.71 bits per heavy atom. The molecule has 0 bridgehead atoms. The zero-order valence-electron chi connectivity index (χ0n) is 19.8. The van der Waals surface area contributed by atoms with Gasteiger partial charge in [0.1, 0.15) is 0 Å². The number of amides is 3. The molecule has 2 aliphatic rings. The lowest BCUT2D eigenvalue weighted by Gasteiger charge is -2.38. The summed E-state index contributed by atoms with van der Waals surface area (Å²) in [6.45, 7) is 9.50. The molecule has 0 radical (unpaired) electrons.